The average Bonchev–Trinajstić information content (AvgIpc) is 2.61. The van der Waals surface area contributed by atoms with Crippen molar-refractivity contribution in [2.24, 2.45) is 5.92 Å². The fraction of sp³-hybridized carbons (Fsp3) is 0.842. The van der Waals surface area contributed by atoms with Crippen LogP contribution in [0.15, 0.2) is 0 Å². The second kappa shape index (κ2) is 14.5. The van der Waals surface area contributed by atoms with Crippen molar-refractivity contribution in [3.8, 4) is 0 Å². The Morgan fingerprint density at radius 2 is 1.58 bits per heavy atom. The first-order valence-electron chi connectivity index (χ1n) is 9.53. The Kier molecular flexibility index (Phi) is 13.6. The number of hydrogen-bond acceptors (Lipinski definition) is 7. The molecule has 7 heteroatoms. The van der Waals surface area contributed by atoms with Gasteiger partial charge in [-0.1, -0.05) is 33.1 Å². The van der Waals surface area contributed by atoms with Gasteiger partial charge in [-0.15, -0.1) is 0 Å². The van der Waals surface area contributed by atoms with Crippen molar-refractivity contribution >= 4 is 17.9 Å². The standard InChI is InChI=1S/C19H34O7/c1-5-7-10-16(6-2)13-24-18(22)14(3)26-19(23)15(4)25-17(21)11-8-9-12-20/h14-16,20H,5-13H2,1-4H3. The zero-order valence-corrected chi connectivity index (χ0v) is 16.5. The first-order chi connectivity index (χ1) is 12.3. The summed E-state index contributed by atoms with van der Waals surface area (Å²) in [5.41, 5.74) is 0. The van der Waals surface area contributed by atoms with Crippen molar-refractivity contribution in [2.75, 3.05) is 13.2 Å². The predicted molar refractivity (Wildman–Crippen MR) is 96.3 cm³/mol. The zero-order valence-electron chi connectivity index (χ0n) is 16.5. The molecule has 0 saturated carbocycles. The molecule has 3 unspecified atom stereocenters. The van der Waals surface area contributed by atoms with Crippen LogP contribution in [0.25, 0.3) is 0 Å². The lowest BCUT2D eigenvalue weighted by molar-refractivity contribution is -0.177. The van der Waals surface area contributed by atoms with Crippen LogP contribution in [0.5, 0.6) is 0 Å². The molecule has 0 aromatic carbocycles. The van der Waals surface area contributed by atoms with E-state index in [-0.39, 0.29) is 13.0 Å². The highest BCUT2D eigenvalue weighted by atomic mass is 16.6. The van der Waals surface area contributed by atoms with Crippen LogP contribution in [0.4, 0.5) is 0 Å². The molecule has 0 aliphatic heterocycles. The highest BCUT2D eigenvalue weighted by Crippen LogP contribution is 2.13. The maximum atomic E-state index is 12.0. The molecule has 0 aliphatic rings. The van der Waals surface area contributed by atoms with E-state index in [0.717, 1.165) is 25.7 Å². The van der Waals surface area contributed by atoms with Crippen molar-refractivity contribution in [3.05, 3.63) is 0 Å². The Labute approximate surface area is 156 Å². The quantitative estimate of drug-likeness (QED) is 0.283. The van der Waals surface area contributed by atoms with Gasteiger partial charge in [0.05, 0.1) is 6.61 Å². The maximum Gasteiger partial charge on any atom is 0.347 e. The normalized spacial score (nSPS) is 14.2. The molecule has 7 nitrogen and oxygen atoms in total. The summed E-state index contributed by atoms with van der Waals surface area (Å²) in [4.78, 5) is 35.4. The molecule has 3 atom stereocenters. The Balaban J connectivity index is 4.21. The van der Waals surface area contributed by atoms with Gasteiger partial charge in [-0.3, -0.25) is 4.79 Å². The fourth-order valence-electron chi connectivity index (χ4n) is 2.22. The molecule has 0 heterocycles. The van der Waals surface area contributed by atoms with Gasteiger partial charge >= 0.3 is 17.9 Å². The third-order valence-electron chi connectivity index (χ3n) is 4.06. The summed E-state index contributed by atoms with van der Waals surface area (Å²) >= 11 is 0. The summed E-state index contributed by atoms with van der Waals surface area (Å²) in [6.07, 6.45) is 3.04. The van der Waals surface area contributed by atoms with E-state index >= 15 is 0 Å². The molecule has 0 amide bonds. The third-order valence-corrected chi connectivity index (χ3v) is 4.06. The first kappa shape index (κ1) is 24.4. The fourth-order valence-corrected chi connectivity index (χ4v) is 2.22. The van der Waals surface area contributed by atoms with Gasteiger partial charge in [-0.2, -0.15) is 0 Å². The minimum absolute atomic E-state index is 0.00182. The SMILES string of the molecule is CCCCC(CC)COC(=O)C(C)OC(=O)C(C)OC(=O)CCCCO. The average molecular weight is 374 g/mol. The Morgan fingerprint density at radius 3 is 2.15 bits per heavy atom. The van der Waals surface area contributed by atoms with E-state index in [4.69, 9.17) is 19.3 Å². The van der Waals surface area contributed by atoms with Crippen molar-refractivity contribution in [1.29, 1.82) is 0 Å². The lowest BCUT2D eigenvalue weighted by atomic mass is 10.0. The van der Waals surface area contributed by atoms with Crippen LogP contribution in [0, 0.1) is 5.92 Å². The monoisotopic (exact) mass is 374 g/mol. The van der Waals surface area contributed by atoms with E-state index in [1.165, 1.54) is 13.8 Å². The molecule has 0 fully saturated rings. The number of carbonyl (C=O) groups excluding carboxylic acids is 3. The molecular formula is C19H34O7. The molecule has 26 heavy (non-hydrogen) atoms. The number of rotatable bonds is 14. The van der Waals surface area contributed by atoms with Crippen LogP contribution >= 0.6 is 0 Å². The molecule has 1 N–H and O–H groups in total. The van der Waals surface area contributed by atoms with Crippen LogP contribution in [0.1, 0.15) is 72.6 Å². The second-order valence-corrected chi connectivity index (χ2v) is 6.44. The smallest absolute Gasteiger partial charge is 0.347 e. The van der Waals surface area contributed by atoms with Crippen LogP contribution in [-0.2, 0) is 28.6 Å². The van der Waals surface area contributed by atoms with Crippen molar-refractivity contribution in [3.63, 3.8) is 0 Å². The molecular weight excluding hydrogens is 340 g/mol. The van der Waals surface area contributed by atoms with E-state index in [2.05, 4.69) is 6.92 Å². The molecule has 152 valence electrons. The minimum Gasteiger partial charge on any atom is -0.463 e. The Morgan fingerprint density at radius 1 is 0.923 bits per heavy atom. The first-order valence-corrected chi connectivity index (χ1v) is 9.53. The molecule has 0 saturated heterocycles. The summed E-state index contributed by atoms with van der Waals surface area (Å²) < 4.78 is 15.2. The Hall–Kier alpha value is -1.63. The predicted octanol–water partition coefficient (Wildman–Crippen LogP) is 2.77. The maximum absolute atomic E-state index is 12.0. The Bertz CT molecular complexity index is 422. The number of carbonyl (C=O) groups is 3. The molecule has 0 rings (SSSR count). The van der Waals surface area contributed by atoms with Gasteiger partial charge in [0.1, 0.15) is 0 Å². The molecule has 0 spiro atoms. The lowest BCUT2D eigenvalue weighted by Crippen LogP contribution is -2.33. The van der Waals surface area contributed by atoms with Crippen LogP contribution in [0.3, 0.4) is 0 Å². The van der Waals surface area contributed by atoms with Crippen molar-refractivity contribution < 1.29 is 33.7 Å². The van der Waals surface area contributed by atoms with Gasteiger partial charge < -0.3 is 19.3 Å². The molecule has 0 aromatic rings. The van der Waals surface area contributed by atoms with E-state index < -0.39 is 30.1 Å². The van der Waals surface area contributed by atoms with Gasteiger partial charge in [0.25, 0.3) is 0 Å². The lowest BCUT2D eigenvalue weighted by Gasteiger charge is -2.19. The van der Waals surface area contributed by atoms with Crippen LogP contribution < -0.4 is 0 Å². The minimum atomic E-state index is -1.10. The van der Waals surface area contributed by atoms with E-state index in [0.29, 0.717) is 25.4 Å². The number of hydrogen-bond donors (Lipinski definition) is 1. The summed E-state index contributed by atoms with van der Waals surface area (Å²) in [6, 6.07) is 0. The number of aliphatic hydroxyl groups excluding tert-OH is 1. The van der Waals surface area contributed by atoms with E-state index in [9.17, 15) is 14.4 Å². The topological polar surface area (TPSA) is 99.1 Å². The van der Waals surface area contributed by atoms with Gasteiger partial charge in [0, 0.05) is 13.0 Å². The highest BCUT2D eigenvalue weighted by Gasteiger charge is 2.25. The summed E-state index contributed by atoms with van der Waals surface area (Å²) in [7, 11) is 0. The number of unbranched alkanes of at least 4 members (excludes halogenated alkanes) is 2. The van der Waals surface area contributed by atoms with E-state index in [1.54, 1.807) is 0 Å². The van der Waals surface area contributed by atoms with Gasteiger partial charge in [0.15, 0.2) is 12.2 Å². The second-order valence-electron chi connectivity index (χ2n) is 6.44. The van der Waals surface area contributed by atoms with Gasteiger partial charge in [-0.05, 0) is 39.0 Å². The van der Waals surface area contributed by atoms with Crippen LogP contribution in [-0.4, -0.2) is 48.4 Å². The third kappa shape index (κ3) is 11.1. The zero-order chi connectivity index (χ0) is 19.9. The van der Waals surface area contributed by atoms with Crippen LogP contribution in [0.2, 0.25) is 0 Å². The summed E-state index contributed by atoms with van der Waals surface area (Å²) in [5, 5.41) is 8.67. The molecule has 0 aromatic heterocycles. The van der Waals surface area contributed by atoms with Crippen molar-refractivity contribution in [2.45, 2.75) is 84.8 Å². The number of esters is 3. The van der Waals surface area contributed by atoms with E-state index in [1.807, 2.05) is 6.92 Å². The summed E-state index contributed by atoms with van der Waals surface area (Å²) in [6.45, 7) is 7.30. The largest absolute Gasteiger partial charge is 0.463 e. The molecule has 0 radical (unpaired) electrons. The highest BCUT2D eigenvalue weighted by molar-refractivity contribution is 5.82. The van der Waals surface area contributed by atoms with Crippen molar-refractivity contribution in [1.82, 2.24) is 0 Å². The summed E-state index contributed by atoms with van der Waals surface area (Å²) in [5.74, 6) is -1.63. The number of aliphatic hydroxyl groups is 1. The van der Waals surface area contributed by atoms with Gasteiger partial charge in [0.2, 0.25) is 0 Å². The molecule has 0 aliphatic carbocycles. The number of ether oxygens (including phenoxy) is 3. The van der Waals surface area contributed by atoms with Gasteiger partial charge in [-0.25, -0.2) is 9.59 Å². The molecule has 0 bridgehead atoms.